The van der Waals surface area contributed by atoms with Crippen molar-refractivity contribution in [3.8, 4) is 0 Å². The fourth-order valence-electron chi connectivity index (χ4n) is 0.741. The molecule has 0 bridgehead atoms. The van der Waals surface area contributed by atoms with Crippen LogP contribution in [-0.2, 0) is 24.0 Å². The quantitative estimate of drug-likeness (QED) is 0.368. The van der Waals surface area contributed by atoms with Crippen LogP contribution in [0, 0.1) is 0 Å². The summed E-state index contributed by atoms with van der Waals surface area (Å²) in [6.07, 6.45) is -4.53. The molecule has 16 heavy (non-hydrogen) atoms. The van der Waals surface area contributed by atoms with E-state index in [9.17, 15) is 18.0 Å². The summed E-state index contributed by atoms with van der Waals surface area (Å²) < 4.78 is 42.8. The van der Waals surface area contributed by atoms with E-state index in [4.69, 9.17) is 4.74 Å². The zero-order valence-electron chi connectivity index (χ0n) is 8.71. The van der Waals surface area contributed by atoms with Crippen LogP contribution in [0.2, 0.25) is 0 Å². The molecule has 0 amide bonds. The Morgan fingerprint density at radius 2 is 1.88 bits per heavy atom. The largest absolute Gasteiger partial charge is 0.522 e. The van der Waals surface area contributed by atoms with Gasteiger partial charge in [0.25, 0.3) is 0 Å². The third-order valence-electron chi connectivity index (χ3n) is 1.33. The molecule has 0 aromatic carbocycles. The van der Waals surface area contributed by atoms with Crippen LogP contribution in [0.25, 0.3) is 0 Å². The maximum Gasteiger partial charge on any atom is 0.522 e. The molecule has 96 valence electrons. The van der Waals surface area contributed by atoms with Gasteiger partial charge in [-0.25, -0.2) is 4.79 Å². The molecular weight excluding hydrogens is 233 g/mol. The van der Waals surface area contributed by atoms with Crippen molar-refractivity contribution in [3.05, 3.63) is 0 Å². The van der Waals surface area contributed by atoms with Gasteiger partial charge in [0.1, 0.15) is 0 Å². The zero-order valence-corrected chi connectivity index (χ0v) is 8.71. The van der Waals surface area contributed by atoms with E-state index in [1.165, 1.54) is 7.11 Å². The lowest BCUT2D eigenvalue weighted by molar-refractivity contribution is -0.325. The minimum atomic E-state index is -4.61. The molecule has 0 fully saturated rings. The highest BCUT2D eigenvalue weighted by molar-refractivity contribution is 5.68. The summed E-state index contributed by atoms with van der Waals surface area (Å²) in [6.45, 7) is -0.323. The molecule has 8 heteroatoms. The van der Waals surface area contributed by atoms with Crippen LogP contribution in [0.3, 0.4) is 0 Å². The molecular formula is C8H13F3O5. The average Bonchev–Trinajstić information content (AvgIpc) is 2.15. The number of rotatable bonds is 8. The molecule has 0 saturated carbocycles. The van der Waals surface area contributed by atoms with E-state index >= 15 is 0 Å². The topological polar surface area (TPSA) is 54.0 Å². The summed E-state index contributed by atoms with van der Waals surface area (Å²) in [5.41, 5.74) is 0. The molecule has 5 nitrogen and oxygen atoms in total. The molecule has 0 N–H and O–H groups in total. The van der Waals surface area contributed by atoms with Gasteiger partial charge in [0, 0.05) is 6.61 Å². The van der Waals surface area contributed by atoms with Crippen molar-refractivity contribution in [2.24, 2.45) is 0 Å². The van der Waals surface area contributed by atoms with Crippen molar-refractivity contribution < 1.29 is 37.2 Å². The van der Waals surface area contributed by atoms with E-state index in [-0.39, 0.29) is 26.1 Å². The Morgan fingerprint density at radius 1 is 1.19 bits per heavy atom. The second-order valence-corrected chi connectivity index (χ2v) is 2.63. The van der Waals surface area contributed by atoms with Gasteiger partial charge in [-0.3, -0.25) is 9.62 Å². The number of ether oxygens (including phenoxy) is 2. The van der Waals surface area contributed by atoms with E-state index in [1.54, 1.807) is 0 Å². The molecule has 0 radical (unpaired) electrons. The summed E-state index contributed by atoms with van der Waals surface area (Å²) in [6, 6.07) is 0. The molecule has 0 unspecified atom stereocenters. The normalized spacial score (nSPS) is 11.5. The lowest BCUT2D eigenvalue weighted by Gasteiger charge is -2.07. The van der Waals surface area contributed by atoms with Crippen LogP contribution in [0.5, 0.6) is 0 Å². The van der Waals surface area contributed by atoms with Crippen molar-refractivity contribution in [1.29, 1.82) is 0 Å². The van der Waals surface area contributed by atoms with Gasteiger partial charge >= 0.3 is 12.3 Å². The molecule has 0 aliphatic heterocycles. The molecule has 0 aromatic heterocycles. The Hall–Kier alpha value is -0.860. The van der Waals surface area contributed by atoms with Gasteiger partial charge in [0.05, 0.1) is 26.7 Å². The van der Waals surface area contributed by atoms with Gasteiger partial charge in [0.2, 0.25) is 0 Å². The van der Waals surface area contributed by atoms with Crippen LogP contribution in [0.15, 0.2) is 0 Å². The van der Waals surface area contributed by atoms with Crippen LogP contribution in [0.1, 0.15) is 12.8 Å². The predicted molar refractivity (Wildman–Crippen MR) is 45.2 cm³/mol. The summed E-state index contributed by atoms with van der Waals surface area (Å²) >= 11 is 0. The van der Waals surface area contributed by atoms with Crippen molar-refractivity contribution in [1.82, 2.24) is 0 Å². The molecule has 0 rings (SSSR count). The third kappa shape index (κ3) is 11.2. The maximum absolute atomic E-state index is 11.5. The Kier molecular flexibility index (Phi) is 7.86. The van der Waals surface area contributed by atoms with Gasteiger partial charge < -0.3 is 4.74 Å². The molecule has 0 aliphatic rings. The Morgan fingerprint density at radius 3 is 2.44 bits per heavy atom. The van der Waals surface area contributed by atoms with Crippen LogP contribution in [-0.4, -0.2) is 39.3 Å². The first-order chi connectivity index (χ1) is 7.45. The first-order valence-electron chi connectivity index (χ1n) is 4.47. The zero-order chi connectivity index (χ0) is 12.4. The van der Waals surface area contributed by atoms with Gasteiger partial charge in [0.15, 0.2) is 0 Å². The molecule has 0 spiro atoms. The lowest BCUT2D eigenvalue weighted by atomic mass is 10.4. The average molecular weight is 246 g/mol. The first-order valence-corrected chi connectivity index (χ1v) is 4.47. The van der Waals surface area contributed by atoms with Crippen molar-refractivity contribution in [2.45, 2.75) is 19.2 Å². The molecule has 0 aliphatic carbocycles. The van der Waals surface area contributed by atoms with E-state index < -0.39 is 18.9 Å². The van der Waals surface area contributed by atoms with Crippen molar-refractivity contribution >= 4 is 5.97 Å². The maximum atomic E-state index is 11.5. The second kappa shape index (κ2) is 8.31. The Balaban J connectivity index is 3.19. The highest BCUT2D eigenvalue weighted by atomic mass is 19.4. The highest BCUT2D eigenvalue weighted by Gasteiger charge is 2.28. The number of alkyl halides is 3. The smallest absolute Gasteiger partial charge is 0.381 e. The van der Waals surface area contributed by atoms with Crippen LogP contribution >= 0.6 is 0 Å². The van der Waals surface area contributed by atoms with Crippen LogP contribution < -0.4 is 0 Å². The minimum absolute atomic E-state index is 0.0199. The fraction of sp³-hybridized carbons (Fsp3) is 0.875. The fourth-order valence-corrected chi connectivity index (χ4v) is 0.741. The highest BCUT2D eigenvalue weighted by Crippen LogP contribution is 2.15. The molecule has 0 atom stereocenters. The number of halogens is 3. The van der Waals surface area contributed by atoms with Crippen molar-refractivity contribution in [3.63, 3.8) is 0 Å². The number of carbonyl (C=O) groups is 1. The predicted octanol–water partition coefficient (Wildman–Crippen LogP) is 1.42. The van der Waals surface area contributed by atoms with E-state index in [2.05, 4.69) is 14.5 Å². The summed E-state index contributed by atoms with van der Waals surface area (Å²) in [4.78, 5) is 18.9. The lowest BCUT2D eigenvalue weighted by Crippen LogP contribution is -2.15. The van der Waals surface area contributed by atoms with E-state index in [1.807, 2.05) is 0 Å². The van der Waals surface area contributed by atoms with Gasteiger partial charge in [-0.1, -0.05) is 0 Å². The van der Waals surface area contributed by atoms with Crippen LogP contribution in [0.4, 0.5) is 13.2 Å². The first kappa shape index (κ1) is 15.1. The number of carbonyl (C=O) groups excluding carboxylic acids is 1. The molecule has 0 aromatic rings. The summed E-state index contributed by atoms with van der Waals surface area (Å²) in [7, 11) is 1.19. The van der Waals surface area contributed by atoms with Gasteiger partial charge in [-0.2, -0.15) is 4.89 Å². The van der Waals surface area contributed by atoms with Gasteiger partial charge in [-0.05, 0) is 6.42 Å². The minimum Gasteiger partial charge on any atom is -0.381 e. The standard InChI is InChI=1S/C8H13F3O5/c1-13-16-7(12)3-6-14-4-2-5-15-8(9,10)11/h2-6H2,1H3. The van der Waals surface area contributed by atoms with E-state index in [0.717, 1.165) is 0 Å². The SMILES string of the molecule is COOC(=O)CCOCCCOC(F)(F)F. The number of hydrogen-bond acceptors (Lipinski definition) is 5. The monoisotopic (exact) mass is 246 g/mol. The Labute approximate surface area is 90.3 Å². The number of hydrogen-bond donors (Lipinski definition) is 0. The second-order valence-electron chi connectivity index (χ2n) is 2.63. The molecule has 0 saturated heterocycles. The summed E-state index contributed by atoms with van der Waals surface area (Å²) in [5.74, 6) is -0.603. The van der Waals surface area contributed by atoms with Gasteiger partial charge in [-0.15, -0.1) is 13.2 Å². The molecule has 0 heterocycles. The third-order valence-corrected chi connectivity index (χ3v) is 1.33. The van der Waals surface area contributed by atoms with E-state index in [0.29, 0.717) is 0 Å². The van der Waals surface area contributed by atoms with Crippen molar-refractivity contribution in [2.75, 3.05) is 26.9 Å². The Bertz CT molecular complexity index is 195. The summed E-state index contributed by atoms with van der Waals surface area (Å²) in [5, 5.41) is 0.